The highest BCUT2D eigenvalue weighted by Crippen LogP contribution is 2.32. The number of anilines is 1. The molecule has 2 rings (SSSR count). The quantitative estimate of drug-likeness (QED) is 0.865. The average molecular weight is 248 g/mol. The smallest absolute Gasteiger partial charge is 0.323 e. The van der Waals surface area contributed by atoms with E-state index in [9.17, 15) is 9.18 Å². The van der Waals surface area contributed by atoms with Gasteiger partial charge < -0.3 is 10.0 Å². The Hall–Kier alpha value is -2.09. The van der Waals surface area contributed by atoms with Crippen LogP contribution in [0.4, 0.5) is 10.1 Å². The van der Waals surface area contributed by atoms with Crippen LogP contribution in [0.1, 0.15) is 18.4 Å². The molecule has 0 heterocycles. The molecule has 0 amide bonds. The number of carboxylic acids is 1. The monoisotopic (exact) mass is 248 g/mol. The Kier molecular flexibility index (Phi) is 3.47. The van der Waals surface area contributed by atoms with Gasteiger partial charge in [0.1, 0.15) is 24.0 Å². The highest BCUT2D eigenvalue weighted by atomic mass is 19.1. The van der Waals surface area contributed by atoms with Gasteiger partial charge >= 0.3 is 5.97 Å². The molecule has 0 spiro atoms. The van der Waals surface area contributed by atoms with E-state index in [1.807, 2.05) is 0 Å². The maximum atomic E-state index is 13.5. The maximum absolute atomic E-state index is 13.5. The van der Waals surface area contributed by atoms with Gasteiger partial charge in [-0.2, -0.15) is 5.26 Å². The van der Waals surface area contributed by atoms with Crippen molar-refractivity contribution in [2.75, 3.05) is 18.0 Å². The van der Waals surface area contributed by atoms with Gasteiger partial charge in [0.05, 0.1) is 5.69 Å². The Labute approximate surface area is 104 Å². The molecule has 0 radical (unpaired) electrons. The van der Waals surface area contributed by atoms with Crippen molar-refractivity contribution in [1.29, 1.82) is 5.26 Å². The Balaban J connectivity index is 2.31. The van der Waals surface area contributed by atoms with Crippen LogP contribution in [0.5, 0.6) is 0 Å². The van der Waals surface area contributed by atoms with Crippen LogP contribution in [-0.4, -0.2) is 24.2 Å². The molecule has 0 unspecified atom stereocenters. The van der Waals surface area contributed by atoms with Crippen molar-refractivity contribution in [2.45, 2.75) is 12.8 Å². The van der Waals surface area contributed by atoms with E-state index in [1.165, 1.54) is 12.1 Å². The van der Waals surface area contributed by atoms with Crippen LogP contribution in [0.2, 0.25) is 0 Å². The molecule has 0 aromatic heterocycles. The Morgan fingerprint density at radius 2 is 2.28 bits per heavy atom. The van der Waals surface area contributed by atoms with Crippen LogP contribution in [-0.2, 0) is 4.79 Å². The van der Waals surface area contributed by atoms with E-state index >= 15 is 0 Å². The number of nitrogens with zero attached hydrogens (tertiary/aromatic N) is 2. The molecule has 1 N–H and O–H groups in total. The lowest BCUT2D eigenvalue weighted by atomic mass is 10.1. The summed E-state index contributed by atoms with van der Waals surface area (Å²) < 4.78 is 13.5. The maximum Gasteiger partial charge on any atom is 0.323 e. The van der Waals surface area contributed by atoms with Gasteiger partial charge in [0, 0.05) is 6.54 Å². The molecule has 1 aromatic rings. The number of hydrogen-bond donors (Lipinski definition) is 1. The molecule has 0 bridgehead atoms. The summed E-state index contributed by atoms with van der Waals surface area (Å²) in [6.45, 7) is 0.346. The Morgan fingerprint density at radius 3 is 2.83 bits per heavy atom. The third-order valence-corrected chi connectivity index (χ3v) is 2.95. The minimum Gasteiger partial charge on any atom is -0.480 e. The van der Waals surface area contributed by atoms with E-state index in [0.29, 0.717) is 18.2 Å². The molecule has 1 fully saturated rings. The van der Waals surface area contributed by atoms with Crippen molar-refractivity contribution in [3.63, 3.8) is 0 Å². The summed E-state index contributed by atoms with van der Waals surface area (Å²) in [5.41, 5.74) is 0.284. The van der Waals surface area contributed by atoms with Crippen LogP contribution in [0.3, 0.4) is 0 Å². The summed E-state index contributed by atoms with van der Waals surface area (Å²) in [6.07, 6.45) is 2.13. The van der Waals surface area contributed by atoms with Gasteiger partial charge in [-0.25, -0.2) is 4.39 Å². The number of halogens is 1. The standard InChI is InChI=1S/C13H13FN2O2/c14-11-2-1-3-12(10(11)6-15)16(8-13(17)18)7-9-4-5-9/h1-3,9H,4-5,7-8H2,(H,17,18). The summed E-state index contributed by atoms with van der Waals surface area (Å²) in [7, 11) is 0. The first-order chi connectivity index (χ1) is 8.61. The van der Waals surface area contributed by atoms with Gasteiger partial charge in [-0.1, -0.05) is 6.07 Å². The fraction of sp³-hybridized carbons (Fsp3) is 0.385. The van der Waals surface area contributed by atoms with Gasteiger partial charge in [0.2, 0.25) is 0 Å². The van der Waals surface area contributed by atoms with Crippen molar-refractivity contribution < 1.29 is 14.3 Å². The third-order valence-electron chi connectivity index (χ3n) is 2.95. The Morgan fingerprint density at radius 1 is 1.56 bits per heavy atom. The van der Waals surface area contributed by atoms with Crippen LogP contribution in [0.15, 0.2) is 18.2 Å². The number of rotatable bonds is 5. The van der Waals surface area contributed by atoms with E-state index < -0.39 is 11.8 Å². The minimum atomic E-state index is -0.983. The number of hydrogen-bond acceptors (Lipinski definition) is 3. The first kappa shape index (κ1) is 12.4. The number of carboxylic acid groups (broad SMARTS) is 1. The SMILES string of the molecule is N#Cc1c(F)cccc1N(CC(=O)O)CC1CC1. The fourth-order valence-corrected chi connectivity index (χ4v) is 1.91. The number of nitriles is 1. The lowest BCUT2D eigenvalue weighted by Crippen LogP contribution is -2.32. The molecule has 18 heavy (non-hydrogen) atoms. The zero-order valence-corrected chi connectivity index (χ0v) is 9.77. The fourth-order valence-electron chi connectivity index (χ4n) is 1.91. The molecule has 1 aliphatic carbocycles. The molecule has 0 aliphatic heterocycles. The molecular formula is C13H13FN2O2. The van der Waals surface area contributed by atoms with Gasteiger partial charge in [-0.3, -0.25) is 4.79 Å². The highest BCUT2D eigenvalue weighted by molar-refractivity contribution is 5.75. The second kappa shape index (κ2) is 5.05. The van der Waals surface area contributed by atoms with Crippen molar-refractivity contribution in [3.8, 4) is 6.07 Å². The molecule has 1 aliphatic rings. The largest absolute Gasteiger partial charge is 0.480 e. The summed E-state index contributed by atoms with van der Waals surface area (Å²) in [4.78, 5) is 12.4. The number of carbonyl (C=O) groups is 1. The molecule has 5 heteroatoms. The van der Waals surface area contributed by atoms with E-state index in [1.54, 1.807) is 17.0 Å². The van der Waals surface area contributed by atoms with Crippen molar-refractivity contribution in [1.82, 2.24) is 0 Å². The molecule has 1 saturated carbocycles. The summed E-state index contributed by atoms with van der Waals surface area (Å²) in [5, 5.41) is 17.9. The molecule has 1 aromatic carbocycles. The highest BCUT2D eigenvalue weighted by Gasteiger charge is 2.27. The van der Waals surface area contributed by atoms with E-state index in [-0.39, 0.29) is 12.1 Å². The predicted molar refractivity (Wildman–Crippen MR) is 63.7 cm³/mol. The first-order valence-electron chi connectivity index (χ1n) is 5.77. The number of benzene rings is 1. The second-order valence-electron chi connectivity index (χ2n) is 4.46. The van der Waals surface area contributed by atoms with Gasteiger partial charge in [-0.15, -0.1) is 0 Å². The van der Waals surface area contributed by atoms with E-state index in [2.05, 4.69) is 0 Å². The number of aliphatic carboxylic acids is 1. The van der Waals surface area contributed by atoms with Gasteiger partial charge in [0.25, 0.3) is 0 Å². The lowest BCUT2D eigenvalue weighted by Gasteiger charge is -2.23. The molecule has 94 valence electrons. The van der Waals surface area contributed by atoms with Crippen molar-refractivity contribution in [2.24, 2.45) is 5.92 Å². The summed E-state index contributed by atoms with van der Waals surface area (Å²) in [5.74, 6) is -1.14. The van der Waals surface area contributed by atoms with Crippen LogP contribution < -0.4 is 4.90 Å². The minimum absolute atomic E-state index is 0.0839. The molecule has 4 nitrogen and oxygen atoms in total. The van der Waals surface area contributed by atoms with Crippen molar-refractivity contribution >= 4 is 11.7 Å². The van der Waals surface area contributed by atoms with Crippen molar-refractivity contribution in [3.05, 3.63) is 29.6 Å². The zero-order valence-electron chi connectivity index (χ0n) is 9.77. The topological polar surface area (TPSA) is 64.3 Å². The van der Waals surface area contributed by atoms with Crippen LogP contribution >= 0.6 is 0 Å². The third kappa shape index (κ3) is 2.77. The zero-order chi connectivity index (χ0) is 13.1. The second-order valence-corrected chi connectivity index (χ2v) is 4.46. The van der Waals surface area contributed by atoms with Gasteiger partial charge in [-0.05, 0) is 30.9 Å². The molecule has 0 atom stereocenters. The van der Waals surface area contributed by atoms with Gasteiger partial charge in [0.15, 0.2) is 0 Å². The summed E-state index contributed by atoms with van der Waals surface area (Å²) >= 11 is 0. The normalized spacial score (nSPS) is 14.0. The lowest BCUT2D eigenvalue weighted by molar-refractivity contribution is -0.135. The van der Waals surface area contributed by atoms with Crippen LogP contribution in [0, 0.1) is 23.1 Å². The molecule has 0 saturated heterocycles. The van der Waals surface area contributed by atoms with Crippen LogP contribution in [0.25, 0.3) is 0 Å². The predicted octanol–water partition coefficient (Wildman–Crippen LogP) is 2.00. The Bertz CT molecular complexity index is 506. The average Bonchev–Trinajstić information content (AvgIpc) is 3.11. The van der Waals surface area contributed by atoms with E-state index in [0.717, 1.165) is 12.8 Å². The summed E-state index contributed by atoms with van der Waals surface area (Å²) in [6, 6.07) is 6.09. The molecular weight excluding hydrogens is 235 g/mol. The van der Waals surface area contributed by atoms with E-state index in [4.69, 9.17) is 10.4 Å². The first-order valence-corrected chi connectivity index (χ1v) is 5.77.